The van der Waals surface area contributed by atoms with Crippen molar-refractivity contribution in [3.63, 3.8) is 0 Å². The van der Waals surface area contributed by atoms with Crippen LogP contribution < -0.4 is 11.0 Å². The third kappa shape index (κ3) is 4.54. The van der Waals surface area contributed by atoms with Crippen LogP contribution in [0.1, 0.15) is 6.42 Å². The van der Waals surface area contributed by atoms with E-state index in [4.69, 9.17) is 0 Å². The maximum absolute atomic E-state index is 12.5. The van der Waals surface area contributed by atoms with Crippen LogP contribution in [0.3, 0.4) is 0 Å². The van der Waals surface area contributed by atoms with Crippen molar-refractivity contribution in [1.29, 1.82) is 0 Å². The van der Waals surface area contributed by atoms with Crippen LogP contribution in [-0.4, -0.2) is 45.7 Å². The number of benzene rings is 2. The van der Waals surface area contributed by atoms with E-state index in [1.165, 1.54) is 4.90 Å². The molecule has 0 fully saturated rings. The van der Waals surface area contributed by atoms with Crippen molar-refractivity contribution in [2.24, 2.45) is 7.05 Å². The standard InChI is InChI=1S/C21H24N4O3S/c1-23(14-19(26)22-15-8-4-7-11-18(15)29-3)20(27)12-13-25-17-10-6-5-9-16(17)24(2)21(25)28/h4-11H,12-14H2,1-3H3,(H,22,26). The Morgan fingerprint density at radius 3 is 2.45 bits per heavy atom. The maximum Gasteiger partial charge on any atom is 0.328 e. The van der Waals surface area contributed by atoms with E-state index >= 15 is 0 Å². The van der Waals surface area contributed by atoms with Gasteiger partial charge in [-0.15, -0.1) is 11.8 Å². The third-order valence-corrected chi connectivity index (χ3v) is 5.58. The minimum atomic E-state index is -0.260. The molecule has 0 saturated heterocycles. The monoisotopic (exact) mass is 412 g/mol. The number of rotatable bonds is 7. The fraction of sp³-hybridized carbons (Fsp3) is 0.286. The summed E-state index contributed by atoms with van der Waals surface area (Å²) in [6.45, 7) is 0.215. The molecule has 2 amide bonds. The lowest BCUT2D eigenvalue weighted by Crippen LogP contribution is -2.36. The summed E-state index contributed by atoms with van der Waals surface area (Å²) < 4.78 is 3.16. The summed E-state index contributed by atoms with van der Waals surface area (Å²) in [4.78, 5) is 39.6. The number of anilines is 1. The molecule has 29 heavy (non-hydrogen) atoms. The number of nitrogens with zero attached hydrogens (tertiary/aromatic N) is 3. The number of carbonyl (C=O) groups excluding carboxylic acids is 2. The minimum Gasteiger partial charge on any atom is -0.336 e. The van der Waals surface area contributed by atoms with E-state index in [0.717, 1.165) is 21.6 Å². The van der Waals surface area contributed by atoms with Gasteiger partial charge in [0.2, 0.25) is 11.8 Å². The highest BCUT2D eigenvalue weighted by atomic mass is 32.2. The van der Waals surface area contributed by atoms with E-state index in [0.29, 0.717) is 0 Å². The molecule has 3 aromatic rings. The van der Waals surface area contributed by atoms with Crippen LogP contribution in [-0.2, 0) is 23.2 Å². The number of para-hydroxylation sites is 3. The molecule has 0 bridgehead atoms. The number of imidazole rings is 1. The Morgan fingerprint density at radius 2 is 1.72 bits per heavy atom. The van der Waals surface area contributed by atoms with Crippen molar-refractivity contribution in [3.05, 3.63) is 59.0 Å². The molecule has 1 N–H and O–H groups in total. The van der Waals surface area contributed by atoms with Gasteiger partial charge in [0, 0.05) is 32.0 Å². The summed E-state index contributed by atoms with van der Waals surface area (Å²) in [6, 6.07) is 15.0. The Labute approximate surface area is 173 Å². The van der Waals surface area contributed by atoms with E-state index in [1.54, 1.807) is 35.0 Å². The number of amides is 2. The van der Waals surface area contributed by atoms with Crippen LogP contribution in [0.4, 0.5) is 5.69 Å². The van der Waals surface area contributed by atoms with Crippen molar-refractivity contribution in [2.45, 2.75) is 17.9 Å². The largest absolute Gasteiger partial charge is 0.336 e. The molecule has 0 aliphatic carbocycles. The highest BCUT2D eigenvalue weighted by Gasteiger charge is 2.16. The molecule has 0 spiro atoms. The molecule has 3 rings (SSSR count). The van der Waals surface area contributed by atoms with Gasteiger partial charge in [-0.05, 0) is 30.5 Å². The van der Waals surface area contributed by atoms with E-state index in [9.17, 15) is 14.4 Å². The van der Waals surface area contributed by atoms with Crippen molar-refractivity contribution in [2.75, 3.05) is 25.2 Å². The SMILES string of the molecule is CSc1ccccc1NC(=O)CN(C)C(=O)CCn1c(=O)n(C)c2ccccc21. The molecule has 7 nitrogen and oxygen atoms in total. The van der Waals surface area contributed by atoms with Crippen LogP contribution >= 0.6 is 11.8 Å². The average Bonchev–Trinajstić information content (AvgIpc) is 2.97. The van der Waals surface area contributed by atoms with Crippen LogP contribution in [0.25, 0.3) is 11.0 Å². The first-order chi connectivity index (χ1) is 13.9. The maximum atomic E-state index is 12.5. The molecule has 8 heteroatoms. The van der Waals surface area contributed by atoms with Gasteiger partial charge in [-0.3, -0.25) is 18.7 Å². The first kappa shape index (κ1) is 20.7. The summed E-state index contributed by atoms with van der Waals surface area (Å²) in [5, 5.41) is 2.85. The van der Waals surface area contributed by atoms with Gasteiger partial charge in [0.15, 0.2) is 0 Å². The molecule has 0 saturated carbocycles. The van der Waals surface area contributed by atoms with Crippen molar-refractivity contribution in [1.82, 2.24) is 14.0 Å². The molecule has 0 unspecified atom stereocenters. The Bertz CT molecular complexity index is 1100. The van der Waals surface area contributed by atoms with Crippen LogP contribution in [0, 0.1) is 0 Å². The third-order valence-electron chi connectivity index (χ3n) is 4.79. The average molecular weight is 413 g/mol. The van der Waals surface area contributed by atoms with Gasteiger partial charge in [0.25, 0.3) is 0 Å². The summed E-state index contributed by atoms with van der Waals surface area (Å²) in [5.41, 5.74) is 2.19. The van der Waals surface area contributed by atoms with Crippen molar-refractivity contribution >= 4 is 40.3 Å². The Morgan fingerprint density at radius 1 is 1.07 bits per heavy atom. The molecular weight excluding hydrogens is 388 g/mol. The fourth-order valence-electron chi connectivity index (χ4n) is 3.22. The molecule has 0 radical (unpaired) electrons. The first-order valence-electron chi connectivity index (χ1n) is 9.23. The summed E-state index contributed by atoms with van der Waals surface area (Å²) in [7, 11) is 3.31. The molecule has 0 aliphatic rings. The van der Waals surface area contributed by atoms with E-state index in [2.05, 4.69) is 5.32 Å². The predicted molar refractivity (Wildman–Crippen MR) is 116 cm³/mol. The lowest BCUT2D eigenvalue weighted by molar-refractivity contribution is -0.133. The molecule has 1 heterocycles. The summed E-state index contributed by atoms with van der Waals surface area (Å²) in [5.74, 6) is -0.456. The number of aromatic nitrogens is 2. The van der Waals surface area contributed by atoms with E-state index < -0.39 is 0 Å². The quantitative estimate of drug-likeness (QED) is 0.605. The lowest BCUT2D eigenvalue weighted by atomic mass is 10.3. The van der Waals surface area contributed by atoms with Crippen molar-refractivity contribution in [3.8, 4) is 0 Å². The number of carbonyl (C=O) groups is 2. The van der Waals surface area contributed by atoms with Gasteiger partial charge in [-0.25, -0.2) is 4.79 Å². The van der Waals surface area contributed by atoms with Crippen LogP contribution in [0.5, 0.6) is 0 Å². The van der Waals surface area contributed by atoms with E-state index in [-0.39, 0.29) is 37.0 Å². The van der Waals surface area contributed by atoms with Gasteiger partial charge in [0.1, 0.15) is 0 Å². The molecule has 0 aliphatic heterocycles. The predicted octanol–water partition coefficient (Wildman–Crippen LogP) is 2.55. The summed E-state index contributed by atoms with van der Waals surface area (Å²) >= 11 is 1.54. The topological polar surface area (TPSA) is 76.3 Å². The minimum absolute atomic E-state index is 0.0496. The molecule has 152 valence electrons. The van der Waals surface area contributed by atoms with Crippen LogP contribution in [0.15, 0.2) is 58.2 Å². The second kappa shape index (κ2) is 9.00. The number of aryl methyl sites for hydroxylation is 2. The Hall–Kier alpha value is -3.00. The zero-order valence-corrected chi connectivity index (χ0v) is 17.5. The van der Waals surface area contributed by atoms with Gasteiger partial charge >= 0.3 is 5.69 Å². The van der Waals surface area contributed by atoms with Crippen molar-refractivity contribution < 1.29 is 9.59 Å². The second-order valence-corrected chi connectivity index (χ2v) is 7.58. The number of hydrogen-bond donors (Lipinski definition) is 1. The van der Waals surface area contributed by atoms with Gasteiger partial charge in [-0.1, -0.05) is 24.3 Å². The highest BCUT2D eigenvalue weighted by Crippen LogP contribution is 2.24. The molecule has 0 atom stereocenters. The molecule has 2 aromatic carbocycles. The zero-order valence-electron chi connectivity index (χ0n) is 16.7. The molecular formula is C21H24N4O3S. The highest BCUT2D eigenvalue weighted by molar-refractivity contribution is 7.98. The van der Waals surface area contributed by atoms with Gasteiger partial charge < -0.3 is 10.2 Å². The van der Waals surface area contributed by atoms with Crippen LogP contribution in [0.2, 0.25) is 0 Å². The number of hydrogen-bond acceptors (Lipinski definition) is 4. The normalized spacial score (nSPS) is 10.9. The number of fused-ring (bicyclic) bond motifs is 1. The second-order valence-electron chi connectivity index (χ2n) is 6.73. The number of nitrogens with one attached hydrogen (secondary N) is 1. The lowest BCUT2D eigenvalue weighted by Gasteiger charge is -2.17. The number of likely N-dealkylation sites (N-methyl/N-ethyl adjacent to an activating group) is 1. The van der Waals surface area contributed by atoms with E-state index in [1.807, 2.05) is 54.8 Å². The Balaban J connectivity index is 1.61. The summed E-state index contributed by atoms with van der Waals surface area (Å²) in [6.07, 6.45) is 2.08. The van der Waals surface area contributed by atoms with Gasteiger partial charge in [0.05, 0.1) is 23.3 Å². The first-order valence-corrected chi connectivity index (χ1v) is 10.5. The van der Waals surface area contributed by atoms with Gasteiger partial charge in [-0.2, -0.15) is 0 Å². The smallest absolute Gasteiger partial charge is 0.328 e. The number of thioether (sulfide) groups is 1. The zero-order chi connectivity index (χ0) is 21.0. The molecule has 1 aromatic heterocycles. The fourth-order valence-corrected chi connectivity index (χ4v) is 3.77. The Kier molecular flexibility index (Phi) is 6.43.